The molecule has 1 heterocycles. The van der Waals surface area contributed by atoms with Crippen LogP contribution < -0.4 is 5.32 Å². The Kier molecular flexibility index (Phi) is 7.92. The lowest BCUT2D eigenvalue weighted by Crippen LogP contribution is -2.45. The van der Waals surface area contributed by atoms with Crippen LogP contribution in [0.25, 0.3) is 0 Å². The monoisotopic (exact) mass is 254 g/mol. The van der Waals surface area contributed by atoms with E-state index in [9.17, 15) is 0 Å². The predicted molar refractivity (Wildman–Crippen MR) is 81.0 cm³/mol. The van der Waals surface area contributed by atoms with Crippen molar-refractivity contribution in [1.82, 2.24) is 10.2 Å². The highest BCUT2D eigenvalue weighted by Gasteiger charge is 2.24. The molecule has 0 aromatic heterocycles. The van der Waals surface area contributed by atoms with E-state index in [1.807, 2.05) is 0 Å². The van der Waals surface area contributed by atoms with Gasteiger partial charge in [-0.3, -0.25) is 0 Å². The van der Waals surface area contributed by atoms with Crippen LogP contribution in [-0.4, -0.2) is 37.1 Å². The zero-order valence-electron chi connectivity index (χ0n) is 13.0. The van der Waals surface area contributed by atoms with E-state index in [-0.39, 0.29) is 0 Å². The summed E-state index contributed by atoms with van der Waals surface area (Å²) < 4.78 is 0. The van der Waals surface area contributed by atoms with E-state index in [1.54, 1.807) is 0 Å². The molecule has 1 aliphatic heterocycles. The Balaban J connectivity index is 2.31. The van der Waals surface area contributed by atoms with Crippen molar-refractivity contribution in [3.8, 4) is 0 Å². The van der Waals surface area contributed by atoms with Gasteiger partial charge in [-0.05, 0) is 57.5 Å². The van der Waals surface area contributed by atoms with Crippen molar-refractivity contribution in [3.63, 3.8) is 0 Å². The first-order chi connectivity index (χ1) is 8.67. The van der Waals surface area contributed by atoms with Crippen molar-refractivity contribution >= 4 is 0 Å². The molecule has 0 aromatic carbocycles. The summed E-state index contributed by atoms with van der Waals surface area (Å²) in [4.78, 5) is 2.71. The normalized spacial score (nSPS) is 25.0. The van der Waals surface area contributed by atoms with Gasteiger partial charge in [-0.2, -0.15) is 0 Å². The molecule has 0 radical (unpaired) electrons. The Morgan fingerprint density at radius 1 is 1.22 bits per heavy atom. The predicted octanol–water partition coefficient (Wildman–Crippen LogP) is 3.52. The second kappa shape index (κ2) is 8.92. The molecule has 18 heavy (non-hydrogen) atoms. The summed E-state index contributed by atoms with van der Waals surface area (Å²) in [6, 6.07) is 0.689. The highest BCUT2D eigenvalue weighted by molar-refractivity contribution is 4.81. The Bertz CT molecular complexity index is 205. The van der Waals surface area contributed by atoms with E-state index >= 15 is 0 Å². The molecule has 1 rings (SSSR count). The minimum Gasteiger partial charge on any atom is -0.314 e. The van der Waals surface area contributed by atoms with Gasteiger partial charge in [-0.25, -0.2) is 0 Å². The highest BCUT2D eigenvalue weighted by atomic mass is 15.1. The van der Waals surface area contributed by atoms with Gasteiger partial charge in [-0.15, -0.1) is 0 Å². The van der Waals surface area contributed by atoms with E-state index in [2.05, 4.69) is 37.9 Å². The number of nitrogens with one attached hydrogen (secondary N) is 1. The summed E-state index contributed by atoms with van der Waals surface area (Å²) >= 11 is 0. The van der Waals surface area contributed by atoms with E-state index in [0.717, 1.165) is 11.8 Å². The van der Waals surface area contributed by atoms with Crippen molar-refractivity contribution in [3.05, 3.63) is 0 Å². The minimum absolute atomic E-state index is 0.689. The number of piperidine rings is 1. The van der Waals surface area contributed by atoms with E-state index in [1.165, 1.54) is 58.3 Å². The molecule has 0 aliphatic carbocycles. The molecule has 1 aliphatic rings. The Morgan fingerprint density at radius 3 is 2.67 bits per heavy atom. The molecular weight excluding hydrogens is 220 g/mol. The van der Waals surface area contributed by atoms with Gasteiger partial charge in [0.05, 0.1) is 0 Å². The van der Waals surface area contributed by atoms with E-state index < -0.39 is 0 Å². The van der Waals surface area contributed by atoms with Gasteiger partial charge in [0.25, 0.3) is 0 Å². The van der Waals surface area contributed by atoms with Gasteiger partial charge in [-0.1, -0.05) is 27.2 Å². The van der Waals surface area contributed by atoms with Crippen molar-refractivity contribution < 1.29 is 0 Å². The molecule has 1 N–H and O–H groups in total. The van der Waals surface area contributed by atoms with E-state index in [4.69, 9.17) is 0 Å². The lowest BCUT2D eigenvalue weighted by molar-refractivity contribution is 0.133. The maximum Gasteiger partial charge on any atom is 0.00792 e. The maximum absolute atomic E-state index is 3.67. The Morgan fingerprint density at radius 2 is 2.00 bits per heavy atom. The van der Waals surface area contributed by atoms with Crippen LogP contribution >= 0.6 is 0 Å². The summed E-state index contributed by atoms with van der Waals surface area (Å²) in [5.41, 5.74) is 0. The Hall–Kier alpha value is -0.0800. The second-order valence-corrected chi connectivity index (χ2v) is 6.30. The van der Waals surface area contributed by atoms with Crippen LogP contribution in [0, 0.1) is 11.8 Å². The van der Waals surface area contributed by atoms with Gasteiger partial charge in [0, 0.05) is 19.1 Å². The molecule has 2 heteroatoms. The molecule has 1 fully saturated rings. The van der Waals surface area contributed by atoms with Gasteiger partial charge in [0.1, 0.15) is 0 Å². The van der Waals surface area contributed by atoms with Crippen LogP contribution in [0.5, 0.6) is 0 Å². The molecule has 3 atom stereocenters. The number of likely N-dealkylation sites (tertiary alicyclic amines) is 1. The summed E-state index contributed by atoms with van der Waals surface area (Å²) in [6.45, 7) is 14.4. The first-order valence-electron chi connectivity index (χ1n) is 8.13. The van der Waals surface area contributed by atoms with Gasteiger partial charge >= 0.3 is 0 Å². The fourth-order valence-corrected chi connectivity index (χ4v) is 3.23. The third-order valence-electron chi connectivity index (χ3n) is 4.32. The third-order valence-corrected chi connectivity index (χ3v) is 4.32. The van der Waals surface area contributed by atoms with Crippen LogP contribution in [0.15, 0.2) is 0 Å². The minimum atomic E-state index is 0.689. The SMILES string of the molecule is CCCNC(C)C1CCCN(CC(C)CCC)C1. The molecule has 0 spiro atoms. The lowest BCUT2D eigenvalue weighted by Gasteiger charge is -2.37. The van der Waals surface area contributed by atoms with Crippen LogP contribution in [0.4, 0.5) is 0 Å². The highest BCUT2D eigenvalue weighted by Crippen LogP contribution is 2.21. The lowest BCUT2D eigenvalue weighted by atomic mass is 9.90. The van der Waals surface area contributed by atoms with Crippen LogP contribution in [0.1, 0.15) is 59.8 Å². The third kappa shape index (κ3) is 5.71. The zero-order chi connectivity index (χ0) is 13.4. The van der Waals surface area contributed by atoms with Crippen molar-refractivity contribution in [2.45, 2.75) is 65.8 Å². The first kappa shape index (κ1) is 16.0. The summed E-state index contributed by atoms with van der Waals surface area (Å²) in [5.74, 6) is 1.73. The molecule has 0 amide bonds. The quantitative estimate of drug-likeness (QED) is 0.713. The van der Waals surface area contributed by atoms with Crippen LogP contribution in [0.2, 0.25) is 0 Å². The fourth-order valence-electron chi connectivity index (χ4n) is 3.23. The van der Waals surface area contributed by atoms with Gasteiger partial charge in [0.2, 0.25) is 0 Å². The number of hydrogen-bond acceptors (Lipinski definition) is 2. The van der Waals surface area contributed by atoms with E-state index in [0.29, 0.717) is 6.04 Å². The average molecular weight is 254 g/mol. The molecule has 0 saturated carbocycles. The molecule has 1 saturated heterocycles. The average Bonchev–Trinajstić information content (AvgIpc) is 2.36. The molecule has 0 bridgehead atoms. The summed E-state index contributed by atoms with van der Waals surface area (Å²) in [7, 11) is 0. The molecular formula is C16H34N2. The van der Waals surface area contributed by atoms with Crippen molar-refractivity contribution in [1.29, 1.82) is 0 Å². The Labute approximate surface area is 115 Å². The maximum atomic E-state index is 3.67. The van der Waals surface area contributed by atoms with Crippen LogP contribution in [-0.2, 0) is 0 Å². The number of nitrogens with zero attached hydrogens (tertiary/aromatic N) is 1. The number of rotatable bonds is 8. The molecule has 2 nitrogen and oxygen atoms in total. The zero-order valence-corrected chi connectivity index (χ0v) is 13.0. The first-order valence-corrected chi connectivity index (χ1v) is 8.13. The number of hydrogen-bond donors (Lipinski definition) is 1. The van der Waals surface area contributed by atoms with Crippen molar-refractivity contribution in [2.24, 2.45) is 11.8 Å². The molecule has 3 unspecified atom stereocenters. The second-order valence-electron chi connectivity index (χ2n) is 6.30. The van der Waals surface area contributed by atoms with Gasteiger partial charge in [0.15, 0.2) is 0 Å². The summed E-state index contributed by atoms with van der Waals surface area (Å²) in [5, 5.41) is 3.67. The van der Waals surface area contributed by atoms with Gasteiger partial charge < -0.3 is 10.2 Å². The topological polar surface area (TPSA) is 15.3 Å². The molecule has 108 valence electrons. The smallest absolute Gasteiger partial charge is 0.00792 e. The van der Waals surface area contributed by atoms with Crippen molar-refractivity contribution in [2.75, 3.05) is 26.2 Å². The van der Waals surface area contributed by atoms with Crippen LogP contribution in [0.3, 0.4) is 0 Å². The standard InChI is InChI=1S/C16H34N2/c1-5-8-14(3)12-18-11-7-9-16(13-18)15(4)17-10-6-2/h14-17H,5-13H2,1-4H3. The molecule has 0 aromatic rings. The summed E-state index contributed by atoms with van der Waals surface area (Å²) in [6.07, 6.45) is 6.75. The largest absolute Gasteiger partial charge is 0.314 e. The fraction of sp³-hybridized carbons (Fsp3) is 1.00.